The quantitative estimate of drug-likeness (QED) is 0.547. The van der Waals surface area contributed by atoms with Crippen LogP contribution < -0.4 is 15.0 Å². The number of anilines is 1. The molecule has 2 heterocycles. The Hall–Kier alpha value is -3.12. The number of imide groups is 1. The summed E-state index contributed by atoms with van der Waals surface area (Å²) in [6.45, 7) is -3.63. The third kappa shape index (κ3) is 5.27. The van der Waals surface area contributed by atoms with Crippen molar-refractivity contribution in [1.82, 2.24) is 10.3 Å². The van der Waals surface area contributed by atoms with E-state index in [2.05, 4.69) is 9.72 Å². The molecule has 2 aromatic heterocycles. The minimum atomic E-state index is -2.98. The van der Waals surface area contributed by atoms with Gasteiger partial charge in [0.2, 0.25) is 0 Å². The average molecular weight is 455 g/mol. The maximum absolute atomic E-state index is 12.1. The number of hydrogen-bond acceptors (Lipinski definition) is 9. The van der Waals surface area contributed by atoms with Crippen LogP contribution in [-0.4, -0.2) is 50.1 Å². The number of fused-ring (bicyclic) bond motifs is 1. The second-order valence-electron chi connectivity index (χ2n) is 6.03. The van der Waals surface area contributed by atoms with E-state index in [0.29, 0.717) is 9.71 Å². The number of carbonyl (C=O) groups is 3. The van der Waals surface area contributed by atoms with E-state index in [1.807, 2.05) is 24.3 Å². The number of nitrogens with zero attached hydrogens (tertiary/aromatic N) is 2. The zero-order valence-electron chi connectivity index (χ0n) is 15.7. The molecule has 30 heavy (non-hydrogen) atoms. The number of rotatable bonds is 7. The Morgan fingerprint density at radius 1 is 1.17 bits per heavy atom. The smallest absolute Gasteiger partial charge is 0.387 e. The van der Waals surface area contributed by atoms with Crippen LogP contribution >= 0.6 is 22.7 Å². The minimum absolute atomic E-state index is 0.0533. The molecule has 0 aliphatic heterocycles. The predicted molar refractivity (Wildman–Crippen MR) is 108 cm³/mol. The van der Waals surface area contributed by atoms with E-state index in [1.54, 1.807) is 6.07 Å². The summed E-state index contributed by atoms with van der Waals surface area (Å²) in [5.74, 6) is -2.41. The molecule has 0 aliphatic carbocycles. The number of carbonyl (C=O) groups excluding carboxylic acids is 3. The molecule has 0 radical (unpaired) electrons. The van der Waals surface area contributed by atoms with Crippen molar-refractivity contribution in [3.05, 3.63) is 40.8 Å². The third-order valence-electron chi connectivity index (χ3n) is 3.59. The highest BCUT2D eigenvalue weighted by molar-refractivity contribution is 7.29. The highest BCUT2D eigenvalue weighted by Crippen LogP contribution is 2.34. The number of benzene rings is 1. The van der Waals surface area contributed by atoms with Crippen LogP contribution in [0, 0.1) is 0 Å². The second kappa shape index (κ2) is 9.13. The maximum atomic E-state index is 12.1. The van der Waals surface area contributed by atoms with Crippen LogP contribution in [0.2, 0.25) is 0 Å². The van der Waals surface area contributed by atoms with Gasteiger partial charge in [-0.1, -0.05) is 11.3 Å². The van der Waals surface area contributed by atoms with Crippen LogP contribution in [-0.2, 0) is 9.53 Å². The van der Waals surface area contributed by atoms with E-state index in [1.165, 1.54) is 35.6 Å². The van der Waals surface area contributed by atoms with Crippen molar-refractivity contribution in [2.24, 2.45) is 0 Å². The zero-order valence-corrected chi connectivity index (χ0v) is 17.3. The number of ether oxygens (including phenoxy) is 2. The van der Waals surface area contributed by atoms with Gasteiger partial charge in [0.05, 0.1) is 4.70 Å². The molecule has 1 aromatic carbocycles. The van der Waals surface area contributed by atoms with E-state index < -0.39 is 31.0 Å². The van der Waals surface area contributed by atoms with Gasteiger partial charge in [0.25, 0.3) is 11.8 Å². The Morgan fingerprint density at radius 3 is 2.47 bits per heavy atom. The number of alkyl halides is 2. The lowest BCUT2D eigenvalue weighted by Gasteiger charge is -2.07. The Labute approximate surface area is 177 Å². The van der Waals surface area contributed by atoms with Crippen LogP contribution in [0.4, 0.5) is 13.9 Å². The van der Waals surface area contributed by atoms with Gasteiger partial charge >= 0.3 is 12.6 Å². The summed E-state index contributed by atoms with van der Waals surface area (Å²) in [6, 6.07) is 6.42. The van der Waals surface area contributed by atoms with Gasteiger partial charge in [-0.25, -0.2) is 9.78 Å². The van der Waals surface area contributed by atoms with E-state index >= 15 is 0 Å². The number of hydrogen-bond donors (Lipinski definition) is 1. The fourth-order valence-electron chi connectivity index (χ4n) is 2.24. The van der Waals surface area contributed by atoms with Crippen molar-refractivity contribution < 1.29 is 32.6 Å². The number of esters is 1. The zero-order chi connectivity index (χ0) is 21.8. The molecular weight excluding hydrogens is 440 g/mol. The molecule has 0 spiro atoms. The first-order chi connectivity index (χ1) is 14.2. The molecule has 158 valence electrons. The van der Waals surface area contributed by atoms with Gasteiger partial charge in [-0.3, -0.25) is 14.9 Å². The van der Waals surface area contributed by atoms with Crippen molar-refractivity contribution >= 4 is 55.1 Å². The molecule has 12 heteroatoms. The van der Waals surface area contributed by atoms with Crippen LogP contribution in [0.3, 0.4) is 0 Å². The van der Waals surface area contributed by atoms with Crippen LogP contribution in [0.25, 0.3) is 9.53 Å². The standard InChI is InChI=1S/C18H15F2N3O5S2/c1-23(2)18-22-15-11(30-18)7-12(29-15)16(26)27-8-13(24)21-14(25)9-3-5-10(6-4-9)28-17(19)20/h3-7,17H,8H2,1-2H3,(H,21,24,25). The van der Waals surface area contributed by atoms with Crippen LogP contribution in [0.1, 0.15) is 20.0 Å². The van der Waals surface area contributed by atoms with Gasteiger partial charge in [0, 0.05) is 19.7 Å². The summed E-state index contributed by atoms with van der Waals surface area (Å²) in [5.41, 5.74) is 0.0533. The Morgan fingerprint density at radius 2 is 1.87 bits per heavy atom. The Bertz CT molecular complexity index is 1050. The topological polar surface area (TPSA) is 97.8 Å². The van der Waals surface area contributed by atoms with Crippen molar-refractivity contribution in [2.45, 2.75) is 6.61 Å². The van der Waals surface area contributed by atoms with Gasteiger partial charge in [0.15, 0.2) is 11.7 Å². The molecule has 8 nitrogen and oxygen atoms in total. The van der Waals surface area contributed by atoms with Gasteiger partial charge in [-0.15, -0.1) is 11.3 Å². The highest BCUT2D eigenvalue weighted by Gasteiger charge is 2.18. The number of thiophene rings is 1. The molecule has 3 rings (SSSR count). The summed E-state index contributed by atoms with van der Waals surface area (Å²) in [4.78, 5) is 43.2. The number of halogens is 2. The molecule has 0 saturated heterocycles. The van der Waals surface area contributed by atoms with Crippen molar-refractivity contribution in [1.29, 1.82) is 0 Å². The molecule has 0 saturated carbocycles. The van der Waals surface area contributed by atoms with Gasteiger partial charge in [-0.2, -0.15) is 8.78 Å². The Kier molecular flexibility index (Phi) is 6.57. The lowest BCUT2D eigenvalue weighted by Crippen LogP contribution is -2.34. The lowest BCUT2D eigenvalue weighted by molar-refractivity contribution is -0.123. The number of thiazole rings is 1. The monoisotopic (exact) mass is 455 g/mol. The van der Waals surface area contributed by atoms with E-state index in [0.717, 1.165) is 21.2 Å². The average Bonchev–Trinajstić information content (AvgIpc) is 3.25. The van der Waals surface area contributed by atoms with Crippen molar-refractivity contribution in [3.8, 4) is 5.75 Å². The predicted octanol–water partition coefficient (Wildman–Crippen LogP) is 3.14. The summed E-state index contributed by atoms with van der Waals surface area (Å²) in [5, 5.41) is 2.86. The van der Waals surface area contributed by atoms with Gasteiger partial charge in [-0.05, 0) is 30.3 Å². The summed E-state index contributed by atoms with van der Waals surface area (Å²) >= 11 is 2.57. The van der Waals surface area contributed by atoms with Crippen molar-refractivity contribution in [3.63, 3.8) is 0 Å². The fraction of sp³-hybridized carbons (Fsp3) is 0.222. The lowest BCUT2D eigenvalue weighted by atomic mass is 10.2. The summed E-state index contributed by atoms with van der Waals surface area (Å²) < 4.78 is 34.2. The summed E-state index contributed by atoms with van der Waals surface area (Å²) in [6.07, 6.45) is 0. The third-order valence-corrected chi connectivity index (χ3v) is 5.90. The SMILES string of the molecule is CN(C)c1nc2sc(C(=O)OCC(=O)NC(=O)c3ccc(OC(F)F)cc3)cc2s1. The first-order valence-electron chi connectivity index (χ1n) is 8.37. The van der Waals surface area contributed by atoms with Gasteiger partial charge in [0.1, 0.15) is 15.5 Å². The number of nitrogens with one attached hydrogen (secondary N) is 1. The molecular formula is C18H15F2N3O5S2. The van der Waals surface area contributed by atoms with E-state index in [-0.39, 0.29) is 11.3 Å². The Balaban J connectivity index is 1.51. The molecule has 0 atom stereocenters. The minimum Gasteiger partial charge on any atom is -0.451 e. The molecule has 2 amide bonds. The first-order valence-corrected chi connectivity index (χ1v) is 10.00. The second-order valence-corrected chi connectivity index (χ2v) is 8.07. The van der Waals surface area contributed by atoms with Crippen LogP contribution in [0.15, 0.2) is 30.3 Å². The highest BCUT2D eigenvalue weighted by atomic mass is 32.1. The molecule has 3 aromatic rings. The molecule has 1 N–H and O–H groups in total. The molecule has 0 fully saturated rings. The number of amides is 2. The maximum Gasteiger partial charge on any atom is 0.387 e. The largest absolute Gasteiger partial charge is 0.451 e. The molecule has 0 aliphatic rings. The van der Waals surface area contributed by atoms with Gasteiger partial charge < -0.3 is 14.4 Å². The molecule has 0 unspecified atom stereocenters. The van der Waals surface area contributed by atoms with E-state index in [4.69, 9.17) is 4.74 Å². The first kappa shape index (κ1) is 21.6. The molecule has 0 bridgehead atoms. The summed E-state index contributed by atoms with van der Waals surface area (Å²) in [7, 11) is 3.73. The number of aromatic nitrogens is 1. The normalized spacial score (nSPS) is 10.8. The fourth-order valence-corrected chi connectivity index (χ4v) is 4.27. The van der Waals surface area contributed by atoms with Crippen LogP contribution in [0.5, 0.6) is 5.75 Å². The van der Waals surface area contributed by atoms with Crippen molar-refractivity contribution in [2.75, 3.05) is 25.6 Å². The van der Waals surface area contributed by atoms with E-state index in [9.17, 15) is 23.2 Å².